The lowest BCUT2D eigenvalue weighted by molar-refractivity contribution is 0.532. The Morgan fingerprint density at radius 3 is 2.37 bits per heavy atom. The molecule has 4 heteroatoms. The molecule has 0 atom stereocenters. The fraction of sp³-hybridized carbons (Fsp3) is 0.200. The molecule has 1 N–H and O–H groups in total. The number of halogens is 3. The van der Waals surface area contributed by atoms with E-state index in [-0.39, 0.29) is 16.6 Å². The van der Waals surface area contributed by atoms with Crippen molar-refractivity contribution >= 4 is 15.9 Å². The van der Waals surface area contributed by atoms with Gasteiger partial charge in [0.05, 0.1) is 4.47 Å². The van der Waals surface area contributed by atoms with Gasteiger partial charge < -0.3 is 5.32 Å². The number of rotatable bonds is 4. The SMILES string of the molecule is Cc1ccc(CNCc2c(F)ccc(Br)c2F)cc1. The van der Waals surface area contributed by atoms with E-state index in [9.17, 15) is 8.78 Å². The van der Waals surface area contributed by atoms with Gasteiger partial charge >= 0.3 is 0 Å². The van der Waals surface area contributed by atoms with E-state index in [1.165, 1.54) is 17.7 Å². The van der Waals surface area contributed by atoms with E-state index in [1.54, 1.807) is 0 Å². The lowest BCUT2D eigenvalue weighted by Crippen LogP contribution is -2.15. The van der Waals surface area contributed by atoms with Gasteiger partial charge in [0.15, 0.2) is 0 Å². The number of nitrogens with one attached hydrogen (secondary N) is 1. The molecule has 100 valence electrons. The highest BCUT2D eigenvalue weighted by molar-refractivity contribution is 9.10. The van der Waals surface area contributed by atoms with Crippen LogP contribution in [0.4, 0.5) is 8.78 Å². The van der Waals surface area contributed by atoms with E-state index in [0.29, 0.717) is 6.54 Å². The maximum Gasteiger partial charge on any atom is 0.144 e. The van der Waals surface area contributed by atoms with Crippen molar-refractivity contribution in [1.29, 1.82) is 0 Å². The normalized spacial score (nSPS) is 10.7. The molecule has 0 aliphatic rings. The van der Waals surface area contributed by atoms with Crippen LogP contribution in [0.15, 0.2) is 40.9 Å². The van der Waals surface area contributed by atoms with Gasteiger partial charge in [-0.05, 0) is 40.5 Å². The van der Waals surface area contributed by atoms with Crippen LogP contribution in [0.25, 0.3) is 0 Å². The summed E-state index contributed by atoms with van der Waals surface area (Å²) < 4.78 is 27.5. The van der Waals surface area contributed by atoms with Gasteiger partial charge in [-0.15, -0.1) is 0 Å². The van der Waals surface area contributed by atoms with Gasteiger partial charge in [0.25, 0.3) is 0 Å². The highest BCUT2D eigenvalue weighted by Gasteiger charge is 2.11. The molecule has 0 amide bonds. The monoisotopic (exact) mass is 325 g/mol. The molecule has 0 aromatic heterocycles. The molecular weight excluding hydrogens is 312 g/mol. The number of hydrogen-bond acceptors (Lipinski definition) is 1. The summed E-state index contributed by atoms with van der Waals surface area (Å²) in [4.78, 5) is 0. The minimum atomic E-state index is -0.545. The zero-order valence-corrected chi connectivity index (χ0v) is 12.1. The second-order valence-corrected chi connectivity index (χ2v) is 5.27. The topological polar surface area (TPSA) is 12.0 Å². The summed E-state index contributed by atoms with van der Waals surface area (Å²) in [5.41, 5.74) is 2.33. The summed E-state index contributed by atoms with van der Waals surface area (Å²) in [5, 5.41) is 3.05. The maximum atomic E-state index is 13.7. The molecule has 0 aliphatic heterocycles. The Labute approximate surface area is 119 Å². The van der Waals surface area contributed by atoms with Crippen molar-refractivity contribution < 1.29 is 8.78 Å². The van der Waals surface area contributed by atoms with E-state index in [4.69, 9.17) is 0 Å². The Bertz CT molecular complexity index is 567. The zero-order chi connectivity index (χ0) is 13.8. The molecule has 0 unspecified atom stereocenters. The average molecular weight is 326 g/mol. The molecule has 0 spiro atoms. The Kier molecular flexibility index (Phi) is 4.66. The Hall–Kier alpha value is -1.26. The molecule has 0 saturated heterocycles. The van der Waals surface area contributed by atoms with Gasteiger partial charge in [-0.2, -0.15) is 0 Å². The summed E-state index contributed by atoms with van der Waals surface area (Å²) in [7, 11) is 0. The fourth-order valence-electron chi connectivity index (χ4n) is 1.77. The summed E-state index contributed by atoms with van der Waals surface area (Å²) in [6, 6.07) is 10.6. The summed E-state index contributed by atoms with van der Waals surface area (Å²) in [5.74, 6) is -1.08. The predicted octanol–water partition coefficient (Wildman–Crippen LogP) is 4.33. The quantitative estimate of drug-likeness (QED) is 0.825. The van der Waals surface area contributed by atoms with Crippen molar-refractivity contribution in [3.8, 4) is 0 Å². The second-order valence-electron chi connectivity index (χ2n) is 4.41. The van der Waals surface area contributed by atoms with Gasteiger partial charge in [0.2, 0.25) is 0 Å². The third-order valence-electron chi connectivity index (χ3n) is 2.89. The number of hydrogen-bond donors (Lipinski definition) is 1. The Balaban J connectivity index is 2.00. The molecule has 0 radical (unpaired) electrons. The lowest BCUT2D eigenvalue weighted by atomic mass is 10.1. The van der Waals surface area contributed by atoms with Crippen LogP contribution in [-0.2, 0) is 13.1 Å². The molecule has 2 aromatic rings. The van der Waals surface area contributed by atoms with Crippen LogP contribution in [-0.4, -0.2) is 0 Å². The Morgan fingerprint density at radius 1 is 1.00 bits per heavy atom. The second kappa shape index (κ2) is 6.26. The van der Waals surface area contributed by atoms with Gasteiger partial charge in [0, 0.05) is 18.7 Å². The zero-order valence-electron chi connectivity index (χ0n) is 10.5. The Morgan fingerprint density at radius 2 is 1.68 bits per heavy atom. The highest BCUT2D eigenvalue weighted by Crippen LogP contribution is 2.21. The first-order valence-electron chi connectivity index (χ1n) is 5.96. The maximum absolute atomic E-state index is 13.7. The van der Waals surface area contributed by atoms with E-state index in [2.05, 4.69) is 21.2 Å². The molecule has 0 aliphatic carbocycles. The average Bonchev–Trinajstić information content (AvgIpc) is 2.40. The van der Waals surface area contributed by atoms with Crippen molar-refractivity contribution in [3.05, 3.63) is 69.2 Å². The van der Waals surface area contributed by atoms with Crippen molar-refractivity contribution in [3.63, 3.8) is 0 Å². The third-order valence-corrected chi connectivity index (χ3v) is 3.50. The summed E-state index contributed by atoms with van der Waals surface area (Å²) in [6.07, 6.45) is 0. The molecule has 0 fully saturated rings. The first-order chi connectivity index (χ1) is 9.08. The van der Waals surface area contributed by atoms with Gasteiger partial charge in [-0.3, -0.25) is 0 Å². The van der Waals surface area contributed by atoms with Crippen molar-refractivity contribution in [1.82, 2.24) is 5.32 Å². The number of aryl methyl sites for hydroxylation is 1. The van der Waals surface area contributed by atoms with Crippen LogP contribution in [0.1, 0.15) is 16.7 Å². The first kappa shape index (κ1) is 14.2. The lowest BCUT2D eigenvalue weighted by Gasteiger charge is -2.08. The smallest absolute Gasteiger partial charge is 0.144 e. The van der Waals surface area contributed by atoms with Crippen LogP contribution in [0.3, 0.4) is 0 Å². The number of benzene rings is 2. The predicted molar refractivity (Wildman–Crippen MR) is 75.8 cm³/mol. The van der Waals surface area contributed by atoms with Crippen molar-refractivity contribution in [2.24, 2.45) is 0 Å². The van der Waals surface area contributed by atoms with E-state index >= 15 is 0 Å². The van der Waals surface area contributed by atoms with Crippen molar-refractivity contribution in [2.75, 3.05) is 0 Å². The summed E-state index contributed by atoms with van der Waals surface area (Å²) in [6.45, 7) is 2.75. The molecular formula is C15H14BrF2N. The minimum absolute atomic E-state index is 0.0569. The standard InChI is InChI=1S/C15H14BrF2N/c1-10-2-4-11(5-3-10)8-19-9-12-14(17)7-6-13(16)15(12)18/h2-7,19H,8-9H2,1H3. The van der Waals surface area contributed by atoms with Gasteiger partial charge in [-0.25, -0.2) is 8.78 Å². The largest absolute Gasteiger partial charge is 0.308 e. The van der Waals surface area contributed by atoms with Crippen LogP contribution < -0.4 is 5.32 Å². The highest BCUT2D eigenvalue weighted by atomic mass is 79.9. The van der Waals surface area contributed by atoms with Gasteiger partial charge in [-0.1, -0.05) is 29.8 Å². The van der Waals surface area contributed by atoms with Crippen LogP contribution in [0, 0.1) is 18.6 Å². The van der Waals surface area contributed by atoms with E-state index < -0.39 is 11.6 Å². The summed E-state index contributed by atoms with van der Waals surface area (Å²) >= 11 is 3.06. The first-order valence-corrected chi connectivity index (χ1v) is 6.76. The molecule has 0 bridgehead atoms. The molecule has 0 saturated carbocycles. The molecule has 1 nitrogen and oxygen atoms in total. The molecule has 2 aromatic carbocycles. The van der Waals surface area contributed by atoms with Gasteiger partial charge in [0.1, 0.15) is 11.6 Å². The van der Waals surface area contributed by atoms with Crippen LogP contribution in [0.5, 0.6) is 0 Å². The molecule has 2 rings (SSSR count). The molecule has 0 heterocycles. The molecule has 19 heavy (non-hydrogen) atoms. The van der Waals surface area contributed by atoms with Crippen LogP contribution >= 0.6 is 15.9 Å². The van der Waals surface area contributed by atoms with Crippen molar-refractivity contribution in [2.45, 2.75) is 20.0 Å². The third kappa shape index (κ3) is 3.61. The minimum Gasteiger partial charge on any atom is -0.308 e. The van der Waals surface area contributed by atoms with E-state index in [0.717, 1.165) is 5.56 Å². The van der Waals surface area contributed by atoms with E-state index in [1.807, 2.05) is 31.2 Å². The fourth-order valence-corrected chi connectivity index (χ4v) is 2.14. The van der Waals surface area contributed by atoms with Crippen LogP contribution in [0.2, 0.25) is 0 Å².